The van der Waals surface area contributed by atoms with Crippen molar-refractivity contribution >= 4 is 11.6 Å². The highest BCUT2D eigenvalue weighted by Gasteiger charge is 2.29. The lowest BCUT2D eigenvalue weighted by atomic mass is 10.1. The van der Waals surface area contributed by atoms with Crippen molar-refractivity contribution in [3.05, 3.63) is 35.4 Å². The van der Waals surface area contributed by atoms with Crippen molar-refractivity contribution in [2.24, 2.45) is 0 Å². The summed E-state index contributed by atoms with van der Waals surface area (Å²) in [6.07, 6.45) is -4.26. The second-order valence-electron chi connectivity index (χ2n) is 3.62. The van der Waals surface area contributed by atoms with Crippen molar-refractivity contribution in [3.63, 3.8) is 0 Å². The summed E-state index contributed by atoms with van der Waals surface area (Å²) in [5.41, 5.74) is 0.233. The summed E-state index contributed by atoms with van der Waals surface area (Å²) < 4.78 is 36.8. The second-order valence-corrected chi connectivity index (χ2v) is 4.00. The van der Waals surface area contributed by atoms with E-state index in [1.807, 2.05) is 11.9 Å². The van der Waals surface area contributed by atoms with Crippen LogP contribution in [0.5, 0.6) is 0 Å². The van der Waals surface area contributed by atoms with E-state index in [0.29, 0.717) is 19.0 Å². The van der Waals surface area contributed by atoms with E-state index in [0.717, 1.165) is 17.7 Å². The predicted molar refractivity (Wildman–Crippen MR) is 58.5 cm³/mol. The molecule has 0 N–H and O–H groups in total. The Labute approximate surface area is 97.8 Å². The normalized spacial score (nSPS) is 12.1. The van der Waals surface area contributed by atoms with Gasteiger partial charge in [-0.2, -0.15) is 13.2 Å². The molecule has 0 spiro atoms. The summed E-state index contributed by atoms with van der Waals surface area (Å²) in [5, 5.41) is 0. The molecule has 0 heterocycles. The maximum Gasteiger partial charge on any atom is 0.416 e. The lowest BCUT2D eigenvalue weighted by molar-refractivity contribution is -0.137. The average Bonchev–Trinajstić information content (AvgIpc) is 2.17. The van der Waals surface area contributed by atoms with Crippen molar-refractivity contribution in [1.82, 2.24) is 4.90 Å². The van der Waals surface area contributed by atoms with Crippen molar-refractivity contribution in [3.8, 4) is 0 Å². The largest absolute Gasteiger partial charge is 0.416 e. The van der Waals surface area contributed by atoms with E-state index >= 15 is 0 Å². The van der Waals surface area contributed by atoms with Crippen LogP contribution in [0.15, 0.2) is 24.3 Å². The van der Waals surface area contributed by atoms with E-state index in [1.54, 1.807) is 0 Å². The fourth-order valence-corrected chi connectivity index (χ4v) is 1.62. The summed E-state index contributed by atoms with van der Waals surface area (Å²) in [5.74, 6) is 0.511. The molecule has 0 radical (unpaired) electrons. The van der Waals surface area contributed by atoms with Crippen LogP contribution in [0, 0.1) is 0 Å². The third kappa shape index (κ3) is 4.02. The van der Waals surface area contributed by atoms with E-state index in [-0.39, 0.29) is 0 Å². The summed E-state index contributed by atoms with van der Waals surface area (Å²) in [6.45, 7) is 1.31. The Morgan fingerprint density at radius 2 is 1.75 bits per heavy atom. The fraction of sp³-hybridized carbons (Fsp3) is 0.455. The third-order valence-corrected chi connectivity index (χ3v) is 2.37. The molecular formula is C11H13ClF3N. The zero-order valence-electron chi connectivity index (χ0n) is 8.89. The first kappa shape index (κ1) is 13.3. The van der Waals surface area contributed by atoms with Crippen molar-refractivity contribution < 1.29 is 13.2 Å². The molecule has 0 saturated heterocycles. The molecule has 0 bridgehead atoms. The first-order valence-electron chi connectivity index (χ1n) is 4.84. The van der Waals surface area contributed by atoms with Crippen LogP contribution in [0.3, 0.4) is 0 Å². The van der Waals surface area contributed by atoms with Crippen LogP contribution < -0.4 is 0 Å². The van der Waals surface area contributed by atoms with Crippen molar-refractivity contribution in [2.75, 3.05) is 19.5 Å². The van der Waals surface area contributed by atoms with E-state index in [9.17, 15) is 13.2 Å². The number of hydrogen-bond acceptors (Lipinski definition) is 1. The Hall–Kier alpha value is -0.740. The van der Waals surface area contributed by atoms with Gasteiger partial charge in [0.1, 0.15) is 0 Å². The molecule has 1 aromatic rings. The van der Waals surface area contributed by atoms with Gasteiger partial charge in [0.2, 0.25) is 0 Å². The zero-order chi connectivity index (χ0) is 12.2. The van der Waals surface area contributed by atoms with Gasteiger partial charge in [0.15, 0.2) is 0 Å². The van der Waals surface area contributed by atoms with Gasteiger partial charge in [-0.1, -0.05) is 12.1 Å². The Bertz CT molecular complexity index is 321. The van der Waals surface area contributed by atoms with Crippen LogP contribution in [0.1, 0.15) is 11.1 Å². The maximum atomic E-state index is 12.3. The molecule has 1 aromatic carbocycles. The van der Waals surface area contributed by atoms with Gasteiger partial charge in [0.25, 0.3) is 0 Å². The van der Waals surface area contributed by atoms with E-state index in [2.05, 4.69) is 0 Å². The molecule has 1 nitrogen and oxygen atoms in total. The molecule has 5 heteroatoms. The maximum absolute atomic E-state index is 12.3. The van der Waals surface area contributed by atoms with Gasteiger partial charge in [0, 0.05) is 19.0 Å². The zero-order valence-corrected chi connectivity index (χ0v) is 9.65. The molecule has 0 saturated carbocycles. The van der Waals surface area contributed by atoms with Crippen LogP contribution in [-0.4, -0.2) is 24.4 Å². The van der Waals surface area contributed by atoms with Crippen molar-refractivity contribution in [1.29, 1.82) is 0 Å². The Balaban J connectivity index is 2.65. The third-order valence-electron chi connectivity index (χ3n) is 2.20. The summed E-state index contributed by atoms with van der Waals surface area (Å²) in [6, 6.07) is 5.19. The lowest BCUT2D eigenvalue weighted by Crippen LogP contribution is -2.20. The molecule has 0 aliphatic carbocycles. The second kappa shape index (κ2) is 5.55. The number of rotatable bonds is 4. The Morgan fingerprint density at radius 1 is 1.19 bits per heavy atom. The first-order valence-corrected chi connectivity index (χ1v) is 5.37. The number of nitrogens with zero attached hydrogens (tertiary/aromatic N) is 1. The number of benzene rings is 1. The number of alkyl halides is 4. The van der Waals surface area contributed by atoms with Crippen LogP contribution in [0.2, 0.25) is 0 Å². The smallest absolute Gasteiger partial charge is 0.301 e. The summed E-state index contributed by atoms with van der Waals surface area (Å²) in [7, 11) is 1.88. The lowest BCUT2D eigenvalue weighted by Gasteiger charge is -2.15. The quantitative estimate of drug-likeness (QED) is 0.742. The van der Waals surface area contributed by atoms with Gasteiger partial charge >= 0.3 is 6.18 Å². The van der Waals surface area contributed by atoms with Gasteiger partial charge in [-0.05, 0) is 24.7 Å². The van der Waals surface area contributed by atoms with E-state index in [4.69, 9.17) is 11.6 Å². The SMILES string of the molecule is CN(CCCl)Cc1ccc(C(F)(F)F)cc1. The molecule has 0 atom stereocenters. The molecular weight excluding hydrogens is 239 g/mol. The topological polar surface area (TPSA) is 3.24 Å². The summed E-state index contributed by atoms with van der Waals surface area (Å²) in [4.78, 5) is 1.95. The van der Waals surface area contributed by atoms with Gasteiger partial charge in [-0.25, -0.2) is 0 Å². The highest BCUT2D eigenvalue weighted by atomic mass is 35.5. The highest BCUT2D eigenvalue weighted by Crippen LogP contribution is 2.29. The molecule has 0 aliphatic rings. The van der Waals surface area contributed by atoms with Crippen LogP contribution in [-0.2, 0) is 12.7 Å². The van der Waals surface area contributed by atoms with Gasteiger partial charge in [0.05, 0.1) is 5.56 Å². The molecule has 0 aromatic heterocycles. The van der Waals surface area contributed by atoms with E-state index in [1.165, 1.54) is 12.1 Å². The molecule has 16 heavy (non-hydrogen) atoms. The van der Waals surface area contributed by atoms with Gasteiger partial charge in [-0.15, -0.1) is 11.6 Å². The monoisotopic (exact) mass is 251 g/mol. The minimum absolute atomic E-state index is 0.511. The minimum Gasteiger partial charge on any atom is -0.301 e. The predicted octanol–water partition coefficient (Wildman–Crippen LogP) is 3.38. The first-order chi connectivity index (χ1) is 7.43. The molecule has 0 unspecified atom stereocenters. The molecule has 1 rings (SSSR count). The molecule has 0 fully saturated rings. The van der Waals surface area contributed by atoms with Gasteiger partial charge in [-0.3, -0.25) is 0 Å². The molecule has 90 valence electrons. The molecule has 0 amide bonds. The standard InChI is InChI=1S/C11H13ClF3N/c1-16(7-6-12)8-9-2-4-10(5-3-9)11(13,14)15/h2-5H,6-8H2,1H3. The average molecular weight is 252 g/mol. The minimum atomic E-state index is -4.26. The Kier molecular flexibility index (Phi) is 4.62. The van der Waals surface area contributed by atoms with E-state index < -0.39 is 11.7 Å². The number of hydrogen-bond donors (Lipinski definition) is 0. The van der Waals surface area contributed by atoms with Crippen LogP contribution in [0.4, 0.5) is 13.2 Å². The van der Waals surface area contributed by atoms with Crippen LogP contribution >= 0.6 is 11.6 Å². The fourth-order valence-electron chi connectivity index (χ4n) is 1.33. The highest BCUT2D eigenvalue weighted by molar-refractivity contribution is 6.18. The van der Waals surface area contributed by atoms with Gasteiger partial charge < -0.3 is 4.90 Å². The summed E-state index contributed by atoms with van der Waals surface area (Å²) >= 11 is 5.56. The van der Waals surface area contributed by atoms with Crippen LogP contribution in [0.25, 0.3) is 0 Å². The molecule has 0 aliphatic heterocycles. The number of halogens is 4. The van der Waals surface area contributed by atoms with Crippen molar-refractivity contribution in [2.45, 2.75) is 12.7 Å². The Morgan fingerprint density at radius 3 is 2.19 bits per heavy atom.